The molecule has 8 heteroatoms. The number of aromatic hydroxyl groups is 1. The molecule has 2 rings (SSSR count). The third-order valence-electron chi connectivity index (χ3n) is 2.33. The minimum absolute atomic E-state index is 0.0883. The Labute approximate surface area is 101 Å². The second kappa shape index (κ2) is 4.80. The molecular weight excluding hydrogens is 242 g/mol. The molecule has 1 saturated heterocycles. The Morgan fingerprint density at radius 3 is 3.00 bits per heavy atom. The Morgan fingerprint density at radius 2 is 2.39 bits per heavy atom. The number of carbonyl (C=O) groups is 1. The third-order valence-corrected chi connectivity index (χ3v) is 2.33. The number of amides is 1. The average molecular weight is 251 g/mol. The van der Waals surface area contributed by atoms with E-state index in [0.29, 0.717) is 0 Å². The molecule has 94 valence electrons. The summed E-state index contributed by atoms with van der Waals surface area (Å²) in [6, 6.07) is 2.85. The van der Waals surface area contributed by atoms with Crippen LogP contribution in [0.3, 0.4) is 0 Å². The molecule has 0 aromatic heterocycles. The number of rotatable bonds is 3. The Hall–Kier alpha value is -2.48. The number of nitrogens with one attached hydrogen (secondary N) is 1. The summed E-state index contributed by atoms with van der Waals surface area (Å²) in [5.41, 5.74) is 2.13. The van der Waals surface area contributed by atoms with E-state index in [1.165, 1.54) is 24.4 Å². The number of nitrogens with zero attached hydrogens (tertiary/aromatic N) is 2. The molecular formula is C10H9N3O5. The number of hydroxylamine groups is 1. The zero-order chi connectivity index (χ0) is 13.1. The van der Waals surface area contributed by atoms with Gasteiger partial charge in [-0.15, -0.1) is 0 Å². The van der Waals surface area contributed by atoms with Crippen molar-refractivity contribution in [2.45, 2.75) is 6.04 Å². The lowest BCUT2D eigenvalue weighted by Gasteiger charge is -2.00. The van der Waals surface area contributed by atoms with E-state index in [1.807, 2.05) is 0 Å². The highest BCUT2D eigenvalue weighted by atomic mass is 16.7. The quantitative estimate of drug-likeness (QED) is 0.451. The van der Waals surface area contributed by atoms with Gasteiger partial charge in [0, 0.05) is 23.9 Å². The molecule has 0 radical (unpaired) electrons. The Morgan fingerprint density at radius 1 is 1.61 bits per heavy atom. The van der Waals surface area contributed by atoms with E-state index < -0.39 is 16.9 Å². The zero-order valence-electron chi connectivity index (χ0n) is 9.07. The molecule has 1 amide bonds. The van der Waals surface area contributed by atoms with E-state index in [2.05, 4.69) is 15.3 Å². The maximum absolute atomic E-state index is 11.1. The van der Waals surface area contributed by atoms with Crippen LogP contribution >= 0.6 is 0 Å². The van der Waals surface area contributed by atoms with Crippen molar-refractivity contribution in [2.75, 3.05) is 6.61 Å². The minimum Gasteiger partial charge on any atom is -0.507 e. The number of carbonyl (C=O) groups excluding carboxylic acids is 1. The third kappa shape index (κ3) is 2.43. The van der Waals surface area contributed by atoms with E-state index >= 15 is 0 Å². The largest absolute Gasteiger partial charge is 0.507 e. The summed E-state index contributed by atoms with van der Waals surface area (Å²) in [4.78, 5) is 29.7. The van der Waals surface area contributed by atoms with Gasteiger partial charge in [-0.05, 0) is 6.07 Å². The maximum Gasteiger partial charge on any atom is 0.270 e. The number of hydrogen-bond acceptors (Lipinski definition) is 6. The molecule has 1 aromatic rings. The predicted octanol–water partition coefficient (Wildman–Crippen LogP) is 0.149. The van der Waals surface area contributed by atoms with Crippen molar-refractivity contribution >= 4 is 17.8 Å². The summed E-state index contributed by atoms with van der Waals surface area (Å²) >= 11 is 0. The van der Waals surface area contributed by atoms with Crippen LogP contribution in [0.15, 0.2) is 23.2 Å². The lowest BCUT2D eigenvalue weighted by Crippen LogP contribution is -2.21. The summed E-state index contributed by atoms with van der Waals surface area (Å²) in [5, 5.41) is 20.1. The first-order valence-corrected chi connectivity index (χ1v) is 5.00. The second-order valence-corrected chi connectivity index (χ2v) is 3.57. The van der Waals surface area contributed by atoms with E-state index in [-0.39, 0.29) is 23.6 Å². The number of phenolic OH excluding ortho intramolecular Hbond substituents is 1. The maximum atomic E-state index is 11.1. The molecule has 0 spiro atoms. The SMILES string of the molecule is O=C1NOCC1N=Cc1cc([N+](=O)[O-])ccc1O. The smallest absolute Gasteiger partial charge is 0.270 e. The fourth-order valence-electron chi connectivity index (χ4n) is 1.38. The van der Waals surface area contributed by atoms with Gasteiger partial charge in [0.2, 0.25) is 0 Å². The van der Waals surface area contributed by atoms with Gasteiger partial charge in [-0.2, -0.15) is 0 Å². The molecule has 1 unspecified atom stereocenters. The first-order chi connectivity index (χ1) is 8.58. The molecule has 1 atom stereocenters. The molecule has 0 aliphatic carbocycles. The van der Waals surface area contributed by atoms with Crippen LogP contribution in [0.25, 0.3) is 0 Å². The predicted molar refractivity (Wildman–Crippen MR) is 60.2 cm³/mol. The normalized spacial score (nSPS) is 19.1. The number of nitro groups is 1. The highest BCUT2D eigenvalue weighted by molar-refractivity contribution is 5.89. The van der Waals surface area contributed by atoms with Crippen molar-refractivity contribution in [3.05, 3.63) is 33.9 Å². The van der Waals surface area contributed by atoms with Crippen LogP contribution in [0, 0.1) is 10.1 Å². The van der Waals surface area contributed by atoms with Crippen molar-refractivity contribution in [1.29, 1.82) is 0 Å². The van der Waals surface area contributed by atoms with Crippen molar-refractivity contribution < 1.29 is 19.7 Å². The van der Waals surface area contributed by atoms with Gasteiger partial charge in [0.05, 0.1) is 4.92 Å². The molecule has 1 aliphatic heterocycles. The molecule has 18 heavy (non-hydrogen) atoms. The summed E-state index contributed by atoms with van der Waals surface area (Å²) in [6.45, 7) is 0.0883. The fraction of sp³-hybridized carbons (Fsp3) is 0.200. The molecule has 0 saturated carbocycles. The van der Waals surface area contributed by atoms with E-state index in [1.54, 1.807) is 0 Å². The van der Waals surface area contributed by atoms with E-state index in [0.717, 1.165) is 0 Å². The number of benzene rings is 1. The highest BCUT2D eigenvalue weighted by Gasteiger charge is 2.24. The highest BCUT2D eigenvalue weighted by Crippen LogP contribution is 2.21. The van der Waals surface area contributed by atoms with Crippen LogP contribution in [-0.2, 0) is 9.63 Å². The van der Waals surface area contributed by atoms with Gasteiger partial charge in [-0.1, -0.05) is 0 Å². The molecule has 2 N–H and O–H groups in total. The number of aliphatic imine (C=N–C) groups is 1. The standard InChI is InChI=1S/C10H9N3O5/c14-9-2-1-7(13(16)17)3-6(9)4-11-8-5-18-12-10(8)15/h1-4,8,14H,5H2,(H,12,15). The van der Waals surface area contributed by atoms with Crippen LogP contribution in [0.2, 0.25) is 0 Å². The Kier molecular flexibility index (Phi) is 3.20. The molecule has 1 aromatic carbocycles. The summed E-state index contributed by atoms with van der Waals surface area (Å²) in [7, 11) is 0. The van der Waals surface area contributed by atoms with Crippen LogP contribution in [0.4, 0.5) is 5.69 Å². The summed E-state index contributed by atoms with van der Waals surface area (Å²) < 4.78 is 0. The van der Waals surface area contributed by atoms with Gasteiger partial charge in [0.25, 0.3) is 11.6 Å². The Bertz CT molecular complexity index is 528. The summed E-state index contributed by atoms with van der Waals surface area (Å²) in [5.74, 6) is -0.542. The van der Waals surface area contributed by atoms with Gasteiger partial charge < -0.3 is 5.11 Å². The van der Waals surface area contributed by atoms with Crippen molar-refractivity contribution in [2.24, 2.45) is 4.99 Å². The van der Waals surface area contributed by atoms with Gasteiger partial charge in [-0.25, -0.2) is 5.48 Å². The molecule has 1 heterocycles. The number of non-ortho nitro benzene ring substituents is 1. The van der Waals surface area contributed by atoms with Crippen LogP contribution < -0.4 is 5.48 Å². The topological polar surface area (TPSA) is 114 Å². The molecule has 1 aliphatic rings. The van der Waals surface area contributed by atoms with Gasteiger partial charge in [0.1, 0.15) is 12.4 Å². The van der Waals surface area contributed by atoms with Crippen LogP contribution in [0.1, 0.15) is 5.56 Å². The van der Waals surface area contributed by atoms with Gasteiger partial charge in [0.15, 0.2) is 6.04 Å². The lowest BCUT2D eigenvalue weighted by atomic mass is 10.2. The van der Waals surface area contributed by atoms with Crippen molar-refractivity contribution in [3.8, 4) is 5.75 Å². The monoisotopic (exact) mass is 251 g/mol. The summed E-state index contributed by atoms with van der Waals surface area (Å²) in [6.07, 6.45) is 1.21. The van der Waals surface area contributed by atoms with E-state index in [4.69, 9.17) is 0 Å². The zero-order valence-corrected chi connectivity index (χ0v) is 9.07. The molecule has 8 nitrogen and oxygen atoms in total. The first-order valence-electron chi connectivity index (χ1n) is 5.00. The van der Waals surface area contributed by atoms with E-state index in [9.17, 15) is 20.0 Å². The number of nitro benzene ring substituents is 1. The lowest BCUT2D eigenvalue weighted by molar-refractivity contribution is -0.384. The fourth-order valence-corrected chi connectivity index (χ4v) is 1.38. The number of phenols is 1. The number of hydrogen-bond donors (Lipinski definition) is 2. The van der Waals surface area contributed by atoms with Gasteiger partial charge >= 0.3 is 0 Å². The molecule has 0 bridgehead atoms. The molecule has 1 fully saturated rings. The first kappa shape index (κ1) is 12.0. The Balaban J connectivity index is 2.22. The van der Waals surface area contributed by atoms with Crippen molar-refractivity contribution in [1.82, 2.24) is 5.48 Å². The van der Waals surface area contributed by atoms with Gasteiger partial charge in [-0.3, -0.25) is 24.7 Å². The average Bonchev–Trinajstić information content (AvgIpc) is 2.73. The second-order valence-electron chi connectivity index (χ2n) is 3.57. The van der Waals surface area contributed by atoms with Crippen molar-refractivity contribution in [3.63, 3.8) is 0 Å². The van der Waals surface area contributed by atoms with Crippen LogP contribution in [0.5, 0.6) is 5.75 Å². The van der Waals surface area contributed by atoms with Crippen LogP contribution in [-0.4, -0.2) is 34.8 Å². The minimum atomic E-state index is -0.705.